The lowest BCUT2D eigenvalue weighted by Gasteiger charge is -2.11. The number of pyridine rings is 1. The van der Waals surface area contributed by atoms with E-state index in [-0.39, 0.29) is 0 Å². The molecule has 0 fully saturated rings. The number of para-hydroxylation sites is 1. The van der Waals surface area contributed by atoms with Gasteiger partial charge in [-0.2, -0.15) is 0 Å². The summed E-state index contributed by atoms with van der Waals surface area (Å²) in [6.45, 7) is 1.98. The summed E-state index contributed by atoms with van der Waals surface area (Å²) in [5.74, 6) is 0.663. The molecule has 1 heterocycles. The summed E-state index contributed by atoms with van der Waals surface area (Å²) in [6.07, 6.45) is 1.66. The van der Waals surface area contributed by atoms with Gasteiger partial charge < -0.3 is 11.1 Å². The maximum absolute atomic E-state index is 6.14. The molecule has 1 aromatic heterocycles. The Kier molecular flexibility index (Phi) is 3.79. The van der Waals surface area contributed by atoms with E-state index < -0.39 is 0 Å². The third-order valence-electron chi connectivity index (χ3n) is 2.52. The van der Waals surface area contributed by atoms with Crippen LogP contribution in [0.4, 0.5) is 11.5 Å². The second kappa shape index (κ2) is 5.33. The topological polar surface area (TPSA) is 50.9 Å². The highest BCUT2D eigenvalue weighted by Crippen LogP contribution is 2.28. The summed E-state index contributed by atoms with van der Waals surface area (Å²) >= 11 is 11.1. The van der Waals surface area contributed by atoms with Gasteiger partial charge in [0.15, 0.2) is 0 Å². The van der Waals surface area contributed by atoms with Crippen LogP contribution in [0.3, 0.4) is 0 Å². The lowest BCUT2D eigenvalue weighted by Crippen LogP contribution is -2.10. The first kappa shape index (κ1) is 12.8. The maximum Gasteiger partial charge on any atom is 0.131 e. The highest BCUT2D eigenvalue weighted by atomic mass is 35.5. The van der Waals surface area contributed by atoms with Gasteiger partial charge in [-0.15, -0.1) is 0 Å². The van der Waals surface area contributed by atoms with Crippen molar-refractivity contribution in [3.63, 3.8) is 0 Å². The number of aromatic nitrogens is 1. The number of anilines is 2. The highest BCUT2D eigenvalue weighted by Gasteiger charge is 2.05. The number of nitrogens with one attached hydrogen (secondary N) is 1. The Balaban J connectivity index is 2.34. The smallest absolute Gasteiger partial charge is 0.131 e. The molecule has 5 heteroatoms. The van der Waals surface area contributed by atoms with Crippen molar-refractivity contribution in [3.05, 3.63) is 52.7 Å². The van der Waals surface area contributed by atoms with Gasteiger partial charge in [0.1, 0.15) is 10.8 Å². The van der Waals surface area contributed by atoms with Crippen molar-refractivity contribution in [2.45, 2.75) is 6.92 Å². The Bertz CT molecular complexity index is 578. The van der Waals surface area contributed by atoms with E-state index in [9.17, 15) is 0 Å². The van der Waals surface area contributed by atoms with Crippen molar-refractivity contribution < 1.29 is 0 Å². The van der Waals surface area contributed by atoms with Gasteiger partial charge in [0, 0.05) is 11.8 Å². The van der Waals surface area contributed by atoms with Crippen molar-refractivity contribution in [2.75, 3.05) is 5.32 Å². The number of halogens is 1. The van der Waals surface area contributed by atoms with E-state index in [0.29, 0.717) is 15.8 Å². The predicted octanol–water partition coefficient (Wildman–Crippen LogP) is 3.42. The third kappa shape index (κ3) is 2.78. The minimum atomic E-state index is 0.344. The average Bonchev–Trinajstić information content (AvgIpc) is 2.34. The summed E-state index contributed by atoms with van der Waals surface area (Å²) in [4.78, 5) is 4.56. The Morgan fingerprint density at radius 1 is 1.39 bits per heavy atom. The molecule has 92 valence electrons. The van der Waals surface area contributed by atoms with Crippen LogP contribution >= 0.6 is 23.8 Å². The minimum Gasteiger partial charge on any atom is -0.389 e. The van der Waals surface area contributed by atoms with Crippen LogP contribution in [0.5, 0.6) is 0 Å². The van der Waals surface area contributed by atoms with Crippen LogP contribution in [0, 0.1) is 6.92 Å². The van der Waals surface area contributed by atoms with E-state index in [1.807, 2.05) is 25.1 Å². The summed E-state index contributed by atoms with van der Waals surface area (Å²) in [7, 11) is 0. The highest BCUT2D eigenvalue weighted by molar-refractivity contribution is 7.80. The van der Waals surface area contributed by atoms with Crippen LogP contribution in [-0.2, 0) is 0 Å². The molecule has 0 saturated heterocycles. The lowest BCUT2D eigenvalue weighted by atomic mass is 10.2. The normalized spacial score (nSPS) is 10.1. The molecule has 3 N–H and O–H groups in total. The van der Waals surface area contributed by atoms with Crippen LogP contribution < -0.4 is 11.1 Å². The van der Waals surface area contributed by atoms with Gasteiger partial charge in [-0.25, -0.2) is 4.98 Å². The largest absolute Gasteiger partial charge is 0.389 e. The summed E-state index contributed by atoms with van der Waals surface area (Å²) < 4.78 is 0. The zero-order valence-corrected chi connectivity index (χ0v) is 11.3. The maximum atomic E-state index is 6.14. The SMILES string of the molecule is Cc1cccc(Cl)c1Nc1cc(C(N)=S)ccn1. The van der Waals surface area contributed by atoms with Gasteiger partial charge in [-0.1, -0.05) is 36.0 Å². The average molecular weight is 278 g/mol. The molecule has 3 nitrogen and oxygen atoms in total. The first-order valence-electron chi connectivity index (χ1n) is 5.36. The van der Waals surface area contributed by atoms with E-state index in [1.54, 1.807) is 18.3 Å². The molecule has 0 unspecified atom stereocenters. The molecule has 2 rings (SSSR count). The Labute approximate surface area is 116 Å². The molecular formula is C13H12ClN3S. The van der Waals surface area contributed by atoms with Gasteiger partial charge in [-0.3, -0.25) is 0 Å². The number of rotatable bonds is 3. The van der Waals surface area contributed by atoms with Gasteiger partial charge in [0.2, 0.25) is 0 Å². The fraction of sp³-hybridized carbons (Fsp3) is 0.0769. The lowest BCUT2D eigenvalue weighted by molar-refractivity contribution is 1.29. The quantitative estimate of drug-likeness (QED) is 0.844. The Morgan fingerprint density at radius 2 is 2.17 bits per heavy atom. The Hall–Kier alpha value is -1.65. The molecule has 0 atom stereocenters. The monoisotopic (exact) mass is 277 g/mol. The van der Waals surface area contributed by atoms with E-state index in [0.717, 1.165) is 16.8 Å². The number of hydrogen-bond donors (Lipinski definition) is 2. The first-order valence-corrected chi connectivity index (χ1v) is 6.14. The number of benzene rings is 1. The molecule has 0 bridgehead atoms. The standard InChI is InChI=1S/C13H12ClN3S/c1-8-3-2-4-10(14)12(8)17-11-7-9(13(15)18)5-6-16-11/h2-7H,1H3,(H2,15,18)(H,16,17). The number of thiocarbonyl (C=S) groups is 1. The third-order valence-corrected chi connectivity index (χ3v) is 3.07. The first-order chi connectivity index (χ1) is 8.58. The van der Waals surface area contributed by atoms with Gasteiger partial charge in [0.05, 0.1) is 10.7 Å². The fourth-order valence-corrected chi connectivity index (χ4v) is 1.97. The molecule has 0 aliphatic carbocycles. The van der Waals surface area contributed by atoms with Crippen molar-refractivity contribution in [3.8, 4) is 0 Å². The zero-order chi connectivity index (χ0) is 13.1. The van der Waals surface area contributed by atoms with Gasteiger partial charge >= 0.3 is 0 Å². The summed E-state index contributed by atoms with van der Waals surface area (Å²) in [5.41, 5.74) is 8.24. The van der Waals surface area contributed by atoms with Crippen LogP contribution in [0.1, 0.15) is 11.1 Å². The molecule has 1 aromatic carbocycles. The molecule has 0 spiro atoms. The van der Waals surface area contributed by atoms with Crippen LogP contribution in [0.2, 0.25) is 5.02 Å². The van der Waals surface area contributed by atoms with Crippen molar-refractivity contribution in [1.82, 2.24) is 4.98 Å². The molecule has 0 radical (unpaired) electrons. The summed E-state index contributed by atoms with van der Waals surface area (Å²) in [5, 5.41) is 3.83. The van der Waals surface area contributed by atoms with Crippen molar-refractivity contribution in [1.29, 1.82) is 0 Å². The number of nitrogens with two attached hydrogens (primary N) is 1. The van der Waals surface area contributed by atoms with E-state index in [4.69, 9.17) is 29.6 Å². The molecule has 0 saturated carbocycles. The van der Waals surface area contributed by atoms with Crippen molar-refractivity contribution in [2.24, 2.45) is 5.73 Å². The van der Waals surface area contributed by atoms with Crippen LogP contribution in [0.15, 0.2) is 36.5 Å². The van der Waals surface area contributed by atoms with Crippen LogP contribution in [0.25, 0.3) is 0 Å². The number of aryl methyl sites for hydroxylation is 1. The molecule has 0 amide bonds. The molecule has 0 aliphatic rings. The molecule has 0 aliphatic heterocycles. The predicted molar refractivity (Wildman–Crippen MR) is 79.6 cm³/mol. The molecule has 2 aromatic rings. The van der Waals surface area contributed by atoms with Gasteiger partial charge in [0.25, 0.3) is 0 Å². The molecular weight excluding hydrogens is 266 g/mol. The summed E-state index contributed by atoms with van der Waals surface area (Å²) in [6, 6.07) is 9.28. The second-order valence-corrected chi connectivity index (χ2v) is 4.70. The molecule has 18 heavy (non-hydrogen) atoms. The zero-order valence-electron chi connectivity index (χ0n) is 9.77. The number of nitrogens with zero attached hydrogens (tertiary/aromatic N) is 1. The van der Waals surface area contributed by atoms with E-state index >= 15 is 0 Å². The second-order valence-electron chi connectivity index (χ2n) is 3.85. The van der Waals surface area contributed by atoms with Crippen molar-refractivity contribution >= 4 is 40.3 Å². The minimum absolute atomic E-state index is 0.344. The fourth-order valence-electron chi connectivity index (χ4n) is 1.57. The van der Waals surface area contributed by atoms with Gasteiger partial charge in [-0.05, 0) is 30.7 Å². The number of hydrogen-bond acceptors (Lipinski definition) is 3. The van der Waals surface area contributed by atoms with E-state index in [1.165, 1.54) is 0 Å². The van der Waals surface area contributed by atoms with E-state index in [2.05, 4.69) is 10.3 Å². The van der Waals surface area contributed by atoms with Crippen LogP contribution in [-0.4, -0.2) is 9.97 Å². The Morgan fingerprint density at radius 3 is 2.83 bits per heavy atom.